The minimum atomic E-state index is -2.86. The zero-order valence-corrected chi connectivity index (χ0v) is 36.1. The largest absolute Gasteiger partial charge is 0.455 e. The van der Waals surface area contributed by atoms with Crippen LogP contribution in [0.5, 0.6) is 0 Å². The molecule has 3 heteroatoms. The number of hydrogen-bond donors (Lipinski definition) is 0. The Morgan fingerprint density at radius 3 is 1.52 bits per heavy atom. The average molecular weight is 812 g/mol. The summed E-state index contributed by atoms with van der Waals surface area (Å²) in [6, 6.07) is 81.1. The maximum absolute atomic E-state index is 6.81. The first-order valence-corrected chi connectivity index (χ1v) is 23.5. The van der Waals surface area contributed by atoms with Crippen LogP contribution in [0.1, 0.15) is 16.7 Å². The summed E-state index contributed by atoms with van der Waals surface area (Å²) in [6.07, 6.45) is 0. The Kier molecular flexibility index (Phi) is 9.21. The van der Waals surface area contributed by atoms with Crippen LogP contribution in [0.2, 0.25) is 0 Å². The van der Waals surface area contributed by atoms with Gasteiger partial charge in [0.2, 0.25) is 0 Å². The van der Waals surface area contributed by atoms with Crippen molar-refractivity contribution in [2.45, 2.75) is 20.8 Å². The van der Waals surface area contributed by atoms with E-state index >= 15 is 0 Å². The molecule has 0 radical (unpaired) electrons. The molecule has 0 bridgehead atoms. The van der Waals surface area contributed by atoms with Crippen LogP contribution in [-0.4, -0.2) is 8.07 Å². The zero-order chi connectivity index (χ0) is 41.8. The van der Waals surface area contributed by atoms with Crippen LogP contribution in [-0.2, 0) is 0 Å². The summed E-state index contributed by atoms with van der Waals surface area (Å²) < 4.78 is 6.81. The lowest BCUT2D eigenvalue weighted by molar-refractivity contribution is 0.672. The molecule has 0 saturated heterocycles. The molecule has 0 spiro atoms. The fourth-order valence-corrected chi connectivity index (χ4v) is 14.3. The van der Waals surface area contributed by atoms with Gasteiger partial charge in [0.25, 0.3) is 0 Å². The van der Waals surface area contributed by atoms with E-state index in [0.29, 0.717) is 0 Å². The Labute approximate surface area is 364 Å². The number of nitrogens with zero attached hydrogens (tertiary/aromatic N) is 1. The number of anilines is 3. The van der Waals surface area contributed by atoms with Gasteiger partial charge in [-0.05, 0) is 111 Å². The van der Waals surface area contributed by atoms with Crippen molar-refractivity contribution in [3.8, 4) is 11.1 Å². The second-order valence-corrected chi connectivity index (χ2v) is 20.6. The van der Waals surface area contributed by atoms with E-state index in [1.807, 2.05) is 0 Å². The summed E-state index contributed by atoms with van der Waals surface area (Å²) in [7, 11) is -2.86. The van der Waals surface area contributed by atoms with Crippen LogP contribution in [0.4, 0.5) is 17.1 Å². The standard InChI is InChI=1S/C59H45NOSi/c1-40-18-30-49(31-19-40)62(50-32-20-41(2)21-33-50,51-34-22-42(3)23-35-51)52-14-9-13-47(38-52)60(46-27-24-45(25-28-46)54-17-8-12-43-10-4-6-15-53(43)54)48-29-37-56-57-36-26-44-11-5-7-16-55(44)59(57)61-58(56)39-48/h4-39H,1-3H3. The predicted octanol–water partition coefficient (Wildman–Crippen LogP) is 13.3. The highest BCUT2D eigenvalue weighted by Crippen LogP contribution is 2.41. The molecule has 0 fully saturated rings. The van der Waals surface area contributed by atoms with Crippen LogP contribution < -0.4 is 25.6 Å². The van der Waals surface area contributed by atoms with E-state index in [1.165, 1.54) is 64.7 Å². The van der Waals surface area contributed by atoms with Crippen molar-refractivity contribution >= 4 is 89.4 Å². The van der Waals surface area contributed by atoms with Gasteiger partial charge in [-0.2, -0.15) is 0 Å². The third kappa shape index (κ3) is 6.32. The summed E-state index contributed by atoms with van der Waals surface area (Å²) in [4.78, 5) is 2.40. The fourth-order valence-electron chi connectivity index (χ4n) is 9.64. The molecule has 2 nitrogen and oxygen atoms in total. The quantitative estimate of drug-likeness (QED) is 0.112. The summed E-state index contributed by atoms with van der Waals surface area (Å²) >= 11 is 0. The van der Waals surface area contributed by atoms with E-state index in [1.54, 1.807) is 0 Å². The number of benzene rings is 10. The lowest BCUT2D eigenvalue weighted by atomic mass is 9.98. The van der Waals surface area contributed by atoms with Crippen molar-refractivity contribution in [3.05, 3.63) is 235 Å². The molecule has 0 saturated carbocycles. The number of hydrogen-bond acceptors (Lipinski definition) is 2. The van der Waals surface area contributed by atoms with E-state index in [0.717, 1.165) is 44.4 Å². The Morgan fingerprint density at radius 2 is 0.871 bits per heavy atom. The smallest absolute Gasteiger partial charge is 0.179 e. The molecule has 0 aliphatic rings. The van der Waals surface area contributed by atoms with Crippen LogP contribution in [0.25, 0.3) is 54.6 Å². The second-order valence-electron chi connectivity index (χ2n) is 16.8. The third-order valence-corrected chi connectivity index (χ3v) is 17.6. The first kappa shape index (κ1) is 37.5. The number of furan rings is 1. The van der Waals surface area contributed by atoms with Gasteiger partial charge < -0.3 is 9.32 Å². The zero-order valence-electron chi connectivity index (χ0n) is 35.1. The van der Waals surface area contributed by atoms with Gasteiger partial charge in [0.1, 0.15) is 11.2 Å². The van der Waals surface area contributed by atoms with Gasteiger partial charge in [-0.25, -0.2) is 0 Å². The van der Waals surface area contributed by atoms with E-state index in [9.17, 15) is 0 Å². The van der Waals surface area contributed by atoms with Crippen LogP contribution >= 0.6 is 0 Å². The van der Waals surface area contributed by atoms with Gasteiger partial charge in [-0.3, -0.25) is 0 Å². The van der Waals surface area contributed by atoms with Crippen molar-refractivity contribution < 1.29 is 4.42 Å². The first-order valence-electron chi connectivity index (χ1n) is 21.5. The van der Waals surface area contributed by atoms with Crippen molar-refractivity contribution in [3.63, 3.8) is 0 Å². The summed E-state index contributed by atoms with van der Waals surface area (Å²) in [6.45, 7) is 6.53. The molecule has 1 aromatic heterocycles. The van der Waals surface area contributed by atoms with E-state index in [-0.39, 0.29) is 0 Å². The number of rotatable bonds is 8. The summed E-state index contributed by atoms with van der Waals surface area (Å²) in [5, 5.41) is 12.4. The minimum Gasteiger partial charge on any atom is -0.455 e. The topological polar surface area (TPSA) is 16.4 Å². The summed E-state index contributed by atoms with van der Waals surface area (Å²) in [5.41, 5.74) is 11.2. The van der Waals surface area contributed by atoms with E-state index in [4.69, 9.17) is 4.42 Å². The second kappa shape index (κ2) is 15.2. The fraction of sp³-hybridized carbons (Fsp3) is 0.0508. The average Bonchev–Trinajstić information content (AvgIpc) is 3.70. The van der Waals surface area contributed by atoms with Gasteiger partial charge in [-0.15, -0.1) is 0 Å². The van der Waals surface area contributed by atoms with Gasteiger partial charge in [-0.1, -0.05) is 187 Å². The molecule has 1 heterocycles. The maximum atomic E-state index is 6.81. The normalized spacial score (nSPS) is 11.8. The molecule has 0 unspecified atom stereocenters. The van der Waals surface area contributed by atoms with Gasteiger partial charge in [0.15, 0.2) is 8.07 Å². The Morgan fingerprint density at radius 1 is 0.355 bits per heavy atom. The number of aryl methyl sites for hydroxylation is 3. The molecule has 296 valence electrons. The third-order valence-electron chi connectivity index (χ3n) is 12.8. The molecule has 0 N–H and O–H groups in total. The van der Waals surface area contributed by atoms with Gasteiger partial charge >= 0.3 is 0 Å². The molecule has 62 heavy (non-hydrogen) atoms. The summed E-state index contributed by atoms with van der Waals surface area (Å²) in [5.74, 6) is 0. The van der Waals surface area contributed by atoms with Crippen molar-refractivity contribution in [1.29, 1.82) is 0 Å². The SMILES string of the molecule is Cc1ccc([Si](c2ccc(C)cc2)(c2ccc(C)cc2)c2cccc(N(c3ccc(-c4cccc5ccccc45)cc3)c3ccc4c(c3)oc3c5ccccc5ccc43)c2)cc1. The Bertz CT molecular complexity index is 3300. The van der Waals surface area contributed by atoms with Crippen LogP contribution in [0.15, 0.2) is 223 Å². The lowest BCUT2D eigenvalue weighted by Crippen LogP contribution is -2.74. The Hall–Kier alpha value is -7.46. The monoisotopic (exact) mass is 811 g/mol. The molecule has 0 amide bonds. The van der Waals surface area contributed by atoms with Gasteiger partial charge in [0, 0.05) is 39.3 Å². The molecule has 0 aliphatic carbocycles. The van der Waals surface area contributed by atoms with E-state index in [2.05, 4.69) is 244 Å². The van der Waals surface area contributed by atoms with Crippen LogP contribution in [0, 0.1) is 20.8 Å². The van der Waals surface area contributed by atoms with Crippen molar-refractivity contribution in [1.82, 2.24) is 0 Å². The van der Waals surface area contributed by atoms with E-state index < -0.39 is 8.07 Å². The number of fused-ring (bicyclic) bond motifs is 6. The highest BCUT2D eigenvalue weighted by atomic mass is 28.3. The first-order chi connectivity index (χ1) is 30.4. The van der Waals surface area contributed by atoms with Crippen molar-refractivity contribution in [2.75, 3.05) is 4.90 Å². The minimum absolute atomic E-state index is 0.866. The highest BCUT2D eigenvalue weighted by molar-refractivity contribution is 7.20. The lowest BCUT2D eigenvalue weighted by Gasteiger charge is -2.36. The van der Waals surface area contributed by atoms with Crippen molar-refractivity contribution in [2.24, 2.45) is 0 Å². The molecule has 10 aromatic carbocycles. The molecule has 0 atom stereocenters. The van der Waals surface area contributed by atoms with Gasteiger partial charge in [0.05, 0.1) is 0 Å². The maximum Gasteiger partial charge on any atom is 0.179 e. The molecular weight excluding hydrogens is 767 g/mol. The molecule has 11 rings (SSSR count). The molecule has 11 aromatic rings. The molecule has 0 aliphatic heterocycles. The predicted molar refractivity (Wildman–Crippen MR) is 267 cm³/mol. The Balaban J connectivity index is 1.14. The molecular formula is C59H45NOSi. The van der Waals surface area contributed by atoms with Crippen LogP contribution in [0.3, 0.4) is 0 Å². The highest BCUT2D eigenvalue weighted by Gasteiger charge is 2.42.